The average Bonchev–Trinajstić information content (AvgIpc) is 3.18. The minimum Gasteiger partial charge on any atom is -0.329 e. The second-order valence-electron chi connectivity index (χ2n) is 6.79. The van der Waals surface area contributed by atoms with Gasteiger partial charge in [0.25, 0.3) is 0 Å². The summed E-state index contributed by atoms with van der Waals surface area (Å²) < 4.78 is 2.17. The van der Waals surface area contributed by atoms with Gasteiger partial charge in [-0.2, -0.15) is 0 Å². The van der Waals surface area contributed by atoms with Gasteiger partial charge >= 0.3 is 6.03 Å². The summed E-state index contributed by atoms with van der Waals surface area (Å²) in [4.78, 5) is 23.3. The number of nitrogens with one attached hydrogen (secondary N) is 1. The molecule has 138 valence electrons. The highest BCUT2D eigenvalue weighted by Crippen LogP contribution is 2.27. The first-order valence-corrected chi connectivity index (χ1v) is 9.31. The number of benzene rings is 1. The zero-order valence-corrected chi connectivity index (χ0v) is 15.2. The van der Waals surface area contributed by atoms with Crippen LogP contribution in [0.25, 0.3) is 0 Å². The molecule has 0 unspecified atom stereocenters. The predicted molar refractivity (Wildman–Crippen MR) is 105 cm³/mol. The van der Waals surface area contributed by atoms with E-state index in [9.17, 15) is 4.79 Å². The van der Waals surface area contributed by atoms with Crippen molar-refractivity contribution in [1.29, 1.82) is 0 Å². The number of likely N-dealkylation sites (tertiary alicyclic amines) is 1. The Morgan fingerprint density at radius 1 is 1.00 bits per heavy atom. The van der Waals surface area contributed by atoms with E-state index in [-0.39, 0.29) is 6.03 Å². The molecule has 0 atom stereocenters. The quantitative estimate of drug-likeness (QED) is 0.770. The van der Waals surface area contributed by atoms with Gasteiger partial charge in [-0.05, 0) is 37.1 Å². The number of rotatable bonds is 4. The maximum Gasteiger partial charge on any atom is 0.321 e. The molecule has 3 heterocycles. The van der Waals surface area contributed by atoms with E-state index in [1.807, 2.05) is 72.0 Å². The Morgan fingerprint density at radius 2 is 1.78 bits per heavy atom. The average molecular weight is 361 g/mol. The summed E-state index contributed by atoms with van der Waals surface area (Å²) in [5.74, 6) is 1.45. The number of aromatic nitrogens is 3. The zero-order valence-electron chi connectivity index (χ0n) is 15.2. The Morgan fingerprint density at radius 3 is 2.52 bits per heavy atom. The maximum atomic E-state index is 12.5. The Labute approximate surface area is 158 Å². The summed E-state index contributed by atoms with van der Waals surface area (Å²) in [5.41, 5.74) is 1.85. The summed E-state index contributed by atoms with van der Waals surface area (Å²) in [6, 6.07) is 15.5. The Kier molecular flexibility index (Phi) is 5.14. The lowest BCUT2D eigenvalue weighted by Crippen LogP contribution is -2.40. The van der Waals surface area contributed by atoms with Crippen LogP contribution in [0.15, 0.2) is 67.1 Å². The highest BCUT2D eigenvalue weighted by molar-refractivity contribution is 5.89. The predicted octanol–water partition coefficient (Wildman–Crippen LogP) is 3.74. The number of para-hydroxylation sites is 1. The van der Waals surface area contributed by atoms with Crippen LogP contribution in [0.5, 0.6) is 0 Å². The van der Waals surface area contributed by atoms with E-state index in [0.717, 1.165) is 49.7 Å². The van der Waals surface area contributed by atoms with Gasteiger partial charge in [0.05, 0.1) is 12.2 Å². The molecule has 1 aliphatic heterocycles. The van der Waals surface area contributed by atoms with Crippen molar-refractivity contribution in [3.63, 3.8) is 0 Å². The summed E-state index contributed by atoms with van der Waals surface area (Å²) in [5, 5.41) is 2.96. The van der Waals surface area contributed by atoms with Crippen LogP contribution in [-0.2, 0) is 6.54 Å². The first-order valence-electron chi connectivity index (χ1n) is 9.31. The van der Waals surface area contributed by atoms with E-state index in [1.165, 1.54) is 0 Å². The fraction of sp³-hybridized carbons (Fsp3) is 0.286. The molecule has 4 rings (SSSR count). The Balaban J connectivity index is 1.36. The zero-order chi connectivity index (χ0) is 18.5. The van der Waals surface area contributed by atoms with Crippen molar-refractivity contribution in [3.05, 3.63) is 78.6 Å². The van der Waals surface area contributed by atoms with E-state index in [1.54, 1.807) is 0 Å². The fourth-order valence-electron chi connectivity index (χ4n) is 3.55. The number of pyridine rings is 1. The summed E-state index contributed by atoms with van der Waals surface area (Å²) in [7, 11) is 0. The monoisotopic (exact) mass is 361 g/mol. The number of nitrogens with zero attached hydrogens (tertiary/aromatic N) is 4. The number of piperidine rings is 1. The van der Waals surface area contributed by atoms with Crippen LogP contribution in [0.2, 0.25) is 0 Å². The number of amides is 2. The van der Waals surface area contributed by atoms with Crippen LogP contribution in [0.1, 0.15) is 30.3 Å². The second-order valence-corrected chi connectivity index (χ2v) is 6.79. The van der Waals surface area contributed by atoms with Crippen LogP contribution >= 0.6 is 0 Å². The van der Waals surface area contributed by atoms with E-state index in [2.05, 4.69) is 19.9 Å². The smallest absolute Gasteiger partial charge is 0.321 e. The van der Waals surface area contributed by atoms with Crippen LogP contribution in [0.3, 0.4) is 0 Å². The van der Waals surface area contributed by atoms with Gasteiger partial charge in [0.1, 0.15) is 5.82 Å². The van der Waals surface area contributed by atoms with Gasteiger partial charge in [-0.1, -0.05) is 24.3 Å². The highest BCUT2D eigenvalue weighted by atomic mass is 16.2. The van der Waals surface area contributed by atoms with Gasteiger partial charge in [0.2, 0.25) is 0 Å². The van der Waals surface area contributed by atoms with Gasteiger partial charge in [-0.3, -0.25) is 4.98 Å². The first-order chi connectivity index (χ1) is 13.3. The van der Waals surface area contributed by atoms with Crippen molar-refractivity contribution in [2.45, 2.75) is 25.3 Å². The molecule has 1 aromatic carbocycles. The largest absolute Gasteiger partial charge is 0.329 e. The van der Waals surface area contributed by atoms with Gasteiger partial charge in [0.15, 0.2) is 0 Å². The number of urea groups is 1. The lowest BCUT2D eigenvalue weighted by molar-refractivity contribution is 0.193. The molecule has 0 saturated carbocycles. The lowest BCUT2D eigenvalue weighted by Gasteiger charge is -2.32. The molecule has 2 aromatic heterocycles. The molecule has 1 N–H and O–H groups in total. The number of carbonyl (C=O) groups is 1. The standard InChI is InChI=1S/C21H23N5O/c27-21(24-18-6-2-1-3-7-18)25-13-9-17(10-14-25)20-23-12-15-26(20)16-19-8-4-5-11-22-19/h1-8,11-12,15,17H,9-10,13-14,16H2,(H,24,27). The van der Waals surface area contributed by atoms with Gasteiger partial charge in [-0.15, -0.1) is 0 Å². The van der Waals surface area contributed by atoms with Crippen molar-refractivity contribution >= 4 is 11.7 Å². The first kappa shape index (κ1) is 17.3. The van der Waals surface area contributed by atoms with E-state index < -0.39 is 0 Å². The number of carbonyl (C=O) groups excluding carboxylic acids is 1. The topological polar surface area (TPSA) is 63.1 Å². The number of imidazole rings is 1. The van der Waals surface area contributed by atoms with Crippen molar-refractivity contribution in [2.75, 3.05) is 18.4 Å². The molecule has 27 heavy (non-hydrogen) atoms. The third-order valence-electron chi connectivity index (χ3n) is 4.98. The molecule has 1 fully saturated rings. The number of hydrogen-bond acceptors (Lipinski definition) is 3. The Bertz CT molecular complexity index is 870. The van der Waals surface area contributed by atoms with Crippen molar-refractivity contribution in [2.24, 2.45) is 0 Å². The van der Waals surface area contributed by atoms with Crippen LogP contribution in [0, 0.1) is 0 Å². The van der Waals surface area contributed by atoms with Gasteiger partial charge in [0, 0.05) is 43.3 Å². The number of anilines is 1. The lowest BCUT2D eigenvalue weighted by atomic mass is 9.96. The van der Waals surface area contributed by atoms with Gasteiger partial charge in [-0.25, -0.2) is 9.78 Å². The van der Waals surface area contributed by atoms with E-state index >= 15 is 0 Å². The normalized spacial score (nSPS) is 14.9. The molecule has 3 aromatic rings. The molecule has 1 saturated heterocycles. The summed E-state index contributed by atoms with van der Waals surface area (Å²) in [6.45, 7) is 2.20. The van der Waals surface area contributed by atoms with Crippen LogP contribution < -0.4 is 5.32 Å². The molecular weight excluding hydrogens is 338 g/mol. The second kappa shape index (κ2) is 8.03. The molecule has 1 aliphatic rings. The van der Waals surface area contributed by atoms with Crippen molar-refractivity contribution < 1.29 is 4.79 Å². The SMILES string of the molecule is O=C(Nc1ccccc1)N1CCC(c2nccn2Cc2ccccn2)CC1. The molecule has 2 amide bonds. The molecular formula is C21H23N5O. The molecule has 0 spiro atoms. The minimum absolute atomic E-state index is 0.0310. The number of hydrogen-bond donors (Lipinski definition) is 1. The highest BCUT2D eigenvalue weighted by Gasteiger charge is 2.26. The Hall–Kier alpha value is -3.15. The van der Waals surface area contributed by atoms with Crippen molar-refractivity contribution in [3.8, 4) is 0 Å². The molecule has 0 aliphatic carbocycles. The van der Waals surface area contributed by atoms with E-state index in [0.29, 0.717) is 5.92 Å². The third-order valence-corrected chi connectivity index (χ3v) is 4.98. The third kappa shape index (κ3) is 4.16. The molecule has 0 bridgehead atoms. The van der Waals surface area contributed by atoms with Crippen LogP contribution in [-0.4, -0.2) is 38.6 Å². The maximum absolute atomic E-state index is 12.5. The minimum atomic E-state index is -0.0310. The van der Waals surface area contributed by atoms with Gasteiger partial charge < -0.3 is 14.8 Å². The fourth-order valence-corrected chi connectivity index (χ4v) is 3.55. The van der Waals surface area contributed by atoms with Crippen LogP contribution in [0.4, 0.5) is 10.5 Å². The molecule has 0 radical (unpaired) electrons. The summed E-state index contributed by atoms with van der Waals surface area (Å²) >= 11 is 0. The van der Waals surface area contributed by atoms with Crippen molar-refractivity contribution in [1.82, 2.24) is 19.4 Å². The molecule has 6 heteroatoms. The molecule has 6 nitrogen and oxygen atoms in total. The van der Waals surface area contributed by atoms with E-state index in [4.69, 9.17) is 0 Å². The summed E-state index contributed by atoms with van der Waals surface area (Å²) in [6.07, 6.45) is 7.52.